The van der Waals surface area contributed by atoms with Gasteiger partial charge in [-0.15, -0.1) is 0 Å². The summed E-state index contributed by atoms with van der Waals surface area (Å²) >= 11 is 1.35. The first-order chi connectivity index (χ1) is 7.81. The molecule has 0 aliphatic heterocycles. The molecule has 0 aliphatic rings. The van der Waals surface area contributed by atoms with E-state index in [4.69, 9.17) is 5.26 Å². The molecule has 4 heteroatoms. The van der Waals surface area contributed by atoms with Gasteiger partial charge in [0, 0.05) is 12.6 Å². The SMILES string of the molecule is CN=C(S/C=C/C=O)c1cccc(C#N)c1. The van der Waals surface area contributed by atoms with E-state index in [0.717, 1.165) is 10.6 Å². The average Bonchev–Trinajstić information content (AvgIpc) is 2.35. The van der Waals surface area contributed by atoms with Crippen LogP contribution in [0, 0.1) is 11.3 Å². The number of rotatable bonds is 3. The highest BCUT2D eigenvalue weighted by Crippen LogP contribution is 2.15. The molecule has 0 spiro atoms. The van der Waals surface area contributed by atoms with Crippen molar-refractivity contribution in [3.8, 4) is 6.07 Å². The first-order valence-electron chi connectivity index (χ1n) is 4.56. The lowest BCUT2D eigenvalue weighted by molar-refractivity contribution is -0.104. The van der Waals surface area contributed by atoms with E-state index in [-0.39, 0.29) is 0 Å². The monoisotopic (exact) mass is 230 g/mol. The van der Waals surface area contributed by atoms with Crippen LogP contribution in [0.3, 0.4) is 0 Å². The fourth-order valence-corrected chi connectivity index (χ4v) is 1.75. The third-order valence-electron chi connectivity index (χ3n) is 1.78. The van der Waals surface area contributed by atoms with Crippen molar-refractivity contribution >= 4 is 23.1 Å². The molecule has 0 fully saturated rings. The van der Waals surface area contributed by atoms with Crippen LogP contribution in [-0.4, -0.2) is 18.4 Å². The molecule has 3 nitrogen and oxygen atoms in total. The Bertz CT molecular complexity index is 472. The van der Waals surface area contributed by atoms with Crippen LogP contribution >= 0.6 is 11.8 Å². The highest BCUT2D eigenvalue weighted by Gasteiger charge is 2.02. The van der Waals surface area contributed by atoms with Crippen molar-refractivity contribution in [1.29, 1.82) is 5.26 Å². The van der Waals surface area contributed by atoms with Crippen LogP contribution in [0.1, 0.15) is 11.1 Å². The molecule has 0 N–H and O–H groups in total. The van der Waals surface area contributed by atoms with Crippen molar-refractivity contribution < 1.29 is 4.79 Å². The lowest BCUT2D eigenvalue weighted by Crippen LogP contribution is -1.94. The Morgan fingerprint density at radius 2 is 2.38 bits per heavy atom. The highest BCUT2D eigenvalue weighted by molar-refractivity contribution is 8.16. The van der Waals surface area contributed by atoms with Gasteiger partial charge in [0.1, 0.15) is 11.3 Å². The second-order valence-corrected chi connectivity index (χ2v) is 3.70. The molecule has 1 aromatic carbocycles. The van der Waals surface area contributed by atoms with Crippen molar-refractivity contribution in [1.82, 2.24) is 0 Å². The number of carbonyl (C=O) groups is 1. The summed E-state index contributed by atoms with van der Waals surface area (Å²) in [6.45, 7) is 0. The van der Waals surface area contributed by atoms with E-state index < -0.39 is 0 Å². The summed E-state index contributed by atoms with van der Waals surface area (Å²) in [4.78, 5) is 14.2. The lowest BCUT2D eigenvalue weighted by Gasteiger charge is -2.02. The largest absolute Gasteiger partial charge is 0.299 e. The topological polar surface area (TPSA) is 53.2 Å². The van der Waals surface area contributed by atoms with E-state index in [1.54, 1.807) is 24.6 Å². The van der Waals surface area contributed by atoms with Crippen molar-refractivity contribution in [2.75, 3.05) is 7.05 Å². The zero-order valence-corrected chi connectivity index (χ0v) is 9.57. The Morgan fingerprint density at radius 1 is 1.56 bits per heavy atom. The normalized spacial score (nSPS) is 11.4. The van der Waals surface area contributed by atoms with Gasteiger partial charge in [-0.3, -0.25) is 9.79 Å². The van der Waals surface area contributed by atoms with Crippen LogP contribution in [0.2, 0.25) is 0 Å². The minimum absolute atomic E-state index is 0.596. The summed E-state index contributed by atoms with van der Waals surface area (Å²) in [5.41, 5.74) is 1.47. The van der Waals surface area contributed by atoms with Crippen LogP contribution in [0.5, 0.6) is 0 Å². The zero-order chi connectivity index (χ0) is 11.8. The van der Waals surface area contributed by atoms with E-state index >= 15 is 0 Å². The van der Waals surface area contributed by atoms with E-state index in [0.29, 0.717) is 11.8 Å². The van der Waals surface area contributed by atoms with Gasteiger partial charge in [0.25, 0.3) is 0 Å². The van der Waals surface area contributed by atoms with Crippen molar-refractivity contribution in [3.63, 3.8) is 0 Å². The Labute approximate surface area is 98.5 Å². The molecule has 1 aromatic rings. The summed E-state index contributed by atoms with van der Waals surface area (Å²) in [6, 6.07) is 9.27. The molecule has 0 heterocycles. The Balaban J connectivity index is 2.92. The Kier molecular flexibility index (Phi) is 5.03. The van der Waals surface area contributed by atoms with Crippen molar-refractivity contribution in [2.24, 2.45) is 4.99 Å². The molecule has 80 valence electrons. The summed E-state index contributed by atoms with van der Waals surface area (Å²) in [5.74, 6) is 0. The molecular formula is C12H10N2OS. The number of benzene rings is 1. The molecule has 1 rings (SSSR count). The van der Waals surface area contributed by atoms with E-state index in [9.17, 15) is 4.79 Å². The Hall–Kier alpha value is -1.86. The number of nitriles is 1. The quantitative estimate of drug-likeness (QED) is 0.347. The van der Waals surface area contributed by atoms with E-state index in [1.807, 2.05) is 12.1 Å². The van der Waals surface area contributed by atoms with Crippen LogP contribution in [0.25, 0.3) is 0 Å². The van der Waals surface area contributed by atoms with Crippen LogP contribution in [0.4, 0.5) is 0 Å². The molecule has 16 heavy (non-hydrogen) atoms. The second-order valence-electron chi connectivity index (χ2n) is 2.80. The molecule has 0 unspecified atom stereocenters. The predicted octanol–water partition coefficient (Wildman–Crippen LogP) is 2.38. The van der Waals surface area contributed by atoms with Gasteiger partial charge in [-0.25, -0.2) is 0 Å². The fraction of sp³-hybridized carbons (Fsp3) is 0.0833. The van der Waals surface area contributed by atoms with Gasteiger partial charge >= 0.3 is 0 Å². The molecule has 0 radical (unpaired) electrons. The van der Waals surface area contributed by atoms with Gasteiger partial charge in [-0.1, -0.05) is 23.9 Å². The van der Waals surface area contributed by atoms with Gasteiger partial charge in [0.2, 0.25) is 0 Å². The van der Waals surface area contributed by atoms with Crippen molar-refractivity contribution in [2.45, 2.75) is 0 Å². The number of aldehydes is 1. The predicted molar refractivity (Wildman–Crippen MR) is 66.4 cm³/mol. The number of nitrogens with zero attached hydrogens (tertiary/aromatic N) is 2. The molecule has 0 atom stereocenters. The van der Waals surface area contributed by atoms with Gasteiger partial charge in [0.15, 0.2) is 0 Å². The summed E-state index contributed by atoms with van der Waals surface area (Å²) in [6.07, 6.45) is 2.12. The zero-order valence-electron chi connectivity index (χ0n) is 8.75. The molecule has 0 saturated heterocycles. The van der Waals surface area contributed by atoms with E-state index in [2.05, 4.69) is 11.1 Å². The van der Waals surface area contributed by atoms with Gasteiger partial charge in [-0.2, -0.15) is 5.26 Å². The number of aliphatic imine (C=N–C) groups is 1. The maximum absolute atomic E-state index is 10.1. The number of allylic oxidation sites excluding steroid dienone is 1. The smallest absolute Gasteiger partial charge is 0.143 e. The van der Waals surface area contributed by atoms with E-state index in [1.165, 1.54) is 17.8 Å². The Morgan fingerprint density at radius 3 is 3.00 bits per heavy atom. The number of hydrogen-bond acceptors (Lipinski definition) is 4. The average molecular weight is 230 g/mol. The van der Waals surface area contributed by atoms with Gasteiger partial charge in [0.05, 0.1) is 11.6 Å². The maximum Gasteiger partial charge on any atom is 0.143 e. The second kappa shape index (κ2) is 6.59. The van der Waals surface area contributed by atoms with Crippen LogP contribution < -0.4 is 0 Å². The standard InChI is InChI=1S/C12H10N2OS/c1-14-12(16-7-3-6-15)11-5-2-4-10(8-11)9-13/h2-8H,1H3/b7-3+,14-12?. The molecule has 0 bridgehead atoms. The van der Waals surface area contributed by atoms with Crippen LogP contribution in [0.15, 0.2) is 40.7 Å². The molecular weight excluding hydrogens is 220 g/mol. The number of thioether (sulfide) groups is 1. The van der Waals surface area contributed by atoms with Gasteiger partial charge < -0.3 is 0 Å². The summed E-state index contributed by atoms with van der Waals surface area (Å²) in [7, 11) is 1.68. The third kappa shape index (κ3) is 3.37. The summed E-state index contributed by atoms with van der Waals surface area (Å²) < 4.78 is 0. The lowest BCUT2D eigenvalue weighted by atomic mass is 10.1. The molecule has 0 aromatic heterocycles. The first kappa shape index (κ1) is 12.2. The number of hydrogen-bond donors (Lipinski definition) is 0. The maximum atomic E-state index is 10.1. The molecule has 0 amide bonds. The number of carbonyl (C=O) groups excluding carboxylic acids is 1. The molecule has 0 aliphatic carbocycles. The van der Waals surface area contributed by atoms with Gasteiger partial charge in [-0.05, 0) is 23.6 Å². The fourth-order valence-electron chi connectivity index (χ4n) is 1.11. The molecule has 0 saturated carbocycles. The first-order valence-corrected chi connectivity index (χ1v) is 5.44. The minimum Gasteiger partial charge on any atom is -0.299 e. The third-order valence-corrected chi connectivity index (χ3v) is 2.71. The van der Waals surface area contributed by atoms with Crippen LogP contribution in [-0.2, 0) is 4.79 Å². The highest BCUT2D eigenvalue weighted by atomic mass is 32.2. The minimum atomic E-state index is 0.596. The summed E-state index contributed by atoms with van der Waals surface area (Å²) in [5, 5.41) is 11.2. The van der Waals surface area contributed by atoms with Crippen molar-refractivity contribution in [3.05, 3.63) is 46.9 Å².